The van der Waals surface area contributed by atoms with E-state index in [-0.39, 0.29) is 30.6 Å². The number of aliphatic hydroxyl groups excluding tert-OH is 3. The van der Waals surface area contributed by atoms with Crippen molar-refractivity contribution in [3.63, 3.8) is 0 Å². The third kappa shape index (κ3) is 12.2. The Morgan fingerprint density at radius 1 is 0.919 bits per heavy atom. The summed E-state index contributed by atoms with van der Waals surface area (Å²) in [4.78, 5) is 37.5. The molecule has 216 valence electrons. The van der Waals surface area contributed by atoms with Crippen LogP contribution in [0.1, 0.15) is 91.4 Å². The summed E-state index contributed by atoms with van der Waals surface area (Å²) in [6, 6.07) is -2.20. The lowest BCUT2D eigenvalue weighted by molar-refractivity contribution is -0.265. The van der Waals surface area contributed by atoms with Crippen LogP contribution in [-0.4, -0.2) is 88.9 Å². The lowest BCUT2D eigenvalue weighted by Crippen LogP contribution is -2.62. The van der Waals surface area contributed by atoms with Crippen molar-refractivity contribution in [3.05, 3.63) is 0 Å². The second-order valence-electron chi connectivity index (χ2n) is 9.90. The minimum atomic E-state index is -1.30. The van der Waals surface area contributed by atoms with Crippen LogP contribution in [0.5, 0.6) is 0 Å². The largest absolute Gasteiger partial charge is 0.394 e. The van der Waals surface area contributed by atoms with Gasteiger partial charge in [0.15, 0.2) is 12.1 Å². The molecule has 0 aromatic rings. The maximum atomic E-state index is 12.9. The van der Waals surface area contributed by atoms with Gasteiger partial charge in [0.25, 0.3) is 0 Å². The first-order valence-electron chi connectivity index (χ1n) is 13.8. The van der Waals surface area contributed by atoms with E-state index in [1.807, 2.05) is 0 Å². The molecule has 0 aromatic heterocycles. The van der Waals surface area contributed by atoms with Gasteiger partial charge in [0.1, 0.15) is 24.4 Å². The van der Waals surface area contributed by atoms with Gasteiger partial charge in [-0.1, -0.05) is 52.4 Å². The molecule has 0 bridgehead atoms. The van der Waals surface area contributed by atoms with Crippen molar-refractivity contribution in [2.24, 2.45) is 5.73 Å². The second kappa shape index (κ2) is 18.6. The molecule has 1 saturated heterocycles. The molecule has 0 radical (unpaired) electrons. The molecule has 1 aliphatic heterocycles. The number of nitrogens with two attached hydrogens (primary N) is 1. The number of nitrogens with one attached hydrogen (secondary N) is 2. The van der Waals surface area contributed by atoms with Crippen molar-refractivity contribution in [1.82, 2.24) is 10.6 Å². The summed E-state index contributed by atoms with van der Waals surface area (Å²) in [7, 11) is 0. The van der Waals surface area contributed by atoms with Crippen LogP contribution in [-0.2, 0) is 23.9 Å². The number of ether oxygens (including phenoxy) is 2. The molecular formula is C26H49N3O8. The number of hydrogen-bond donors (Lipinski definition) is 6. The topological polar surface area (TPSA) is 180 Å². The molecule has 1 heterocycles. The van der Waals surface area contributed by atoms with Gasteiger partial charge < -0.3 is 41.2 Å². The third-order valence-electron chi connectivity index (χ3n) is 6.66. The van der Waals surface area contributed by atoms with Gasteiger partial charge in [-0.05, 0) is 32.6 Å². The first kappa shape index (κ1) is 33.4. The van der Waals surface area contributed by atoms with Crippen LogP contribution < -0.4 is 16.4 Å². The van der Waals surface area contributed by atoms with E-state index in [9.17, 15) is 29.7 Å². The molecule has 0 spiro atoms. The van der Waals surface area contributed by atoms with Gasteiger partial charge in [-0.3, -0.25) is 14.4 Å². The maximum Gasteiger partial charge on any atom is 0.243 e. The summed E-state index contributed by atoms with van der Waals surface area (Å²) in [5, 5.41) is 34.8. The lowest BCUT2D eigenvalue weighted by Gasteiger charge is -2.40. The van der Waals surface area contributed by atoms with Gasteiger partial charge >= 0.3 is 0 Å². The average molecular weight is 532 g/mol. The molecule has 7 atom stereocenters. The molecule has 1 fully saturated rings. The summed E-state index contributed by atoms with van der Waals surface area (Å²) < 4.78 is 11.0. The van der Waals surface area contributed by atoms with Gasteiger partial charge in [-0.15, -0.1) is 0 Å². The fourth-order valence-corrected chi connectivity index (χ4v) is 4.22. The summed E-state index contributed by atoms with van der Waals surface area (Å²) in [5.41, 5.74) is 5.85. The molecule has 0 aliphatic carbocycles. The number of amides is 2. The molecule has 0 aromatic carbocycles. The number of rotatable bonds is 19. The number of aliphatic hydroxyl groups is 3. The smallest absolute Gasteiger partial charge is 0.243 e. The van der Waals surface area contributed by atoms with Gasteiger partial charge in [-0.2, -0.15) is 0 Å². The van der Waals surface area contributed by atoms with Crippen molar-refractivity contribution in [2.45, 2.75) is 134 Å². The van der Waals surface area contributed by atoms with E-state index in [0.29, 0.717) is 25.7 Å². The third-order valence-corrected chi connectivity index (χ3v) is 6.66. The average Bonchev–Trinajstić information content (AvgIpc) is 2.87. The van der Waals surface area contributed by atoms with Crippen LogP contribution in [0.15, 0.2) is 0 Å². The Bertz CT molecular complexity index is 678. The maximum absolute atomic E-state index is 12.9. The monoisotopic (exact) mass is 531 g/mol. The molecule has 2 amide bonds. The lowest BCUT2D eigenvalue weighted by atomic mass is 9.98. The molecule has 0 saturated carbocycles. The summed E-state index contributed by atoms with van der Waals surface area (Å²) in [6.45, 7) is 5.33. The predicted octanol–water partition coefficient (Wildman–Crippen LogP) is 0.659. The highest BCUT2D eigenvalue weighted by Crippen LogP contribution is 2.21. The Morgan fingerprint density at radius 3 is 2.11 bits per heavy atom. The number of unbranched alkanes of at least 4 members (excludes halogenated alkanes) is 5. The molecule has 37 heavy (non-hydrogen) atoms. The molecule has 4 unspecified atom stereocenters. The summed E-state index contributed by atoms with van der Waals surface area (Å²) >= 11 is 0. The number of carbonyl (C=O) groups is 3. The SMILES string of the molecule is CCCCCC(NC(=O)C(CCCCC)NC(=O)CCCCO[C@@H]1OC(CO)[C@H](O)C(O)[C@@H]1N)C(C)=O. The van der Waals surface area contributed by atoms with Gasteiger partial charge in [0.05, 0.1) is 18.7 Å². The fraction of sp³-hybridized carbons (Fsp3) is 0.885. The molecule has 11 heteroatoms. The minimum absolute atomic E-state index is 0.0860. The zero-order chi connectivity index (χ0) is 27.8. The van der Waals surface area contributed by atoms with Crippen molar-refractivity contribution in [2.75, 3.05) is 13.2 Å². The Kier molecular flexibility index (Phi) is 16.8. The zero-order valence-electron chi connectivity index (χ0n) is 22.7. The zero-order valence-corrected chi connectivity index (χ0v) is 22.7. The molecule has 1 rings (SSSR count). The van der Waals surface area contributed by atoms with Crippen molar-refractivity contribution in [1.29, 1.82) is 0 Å². The van der Waals surface area contributed by atoms with Crippen LogP contribution in [0.25, 0.3) is 0 Å². The number of carbonyl (C=O) groups excluding carboxylic acids is 3. The first-order valence-corrected chi connectivity index (χ1v) is 13.8. The number of Topliss-reactive ketones (excluding diaryl/α,β-unsaturated/α-hetero) is 1. The van der Waals surface area contributed by atoms with E-state index in [4.69, 9.17) is 15.2 Å². The van der Waals surface area contributed by atoms with Gasteiger partial charge in [-0.25, -0.2) is 0 Å². The van der Waals surface area contributed by atoms with Crippen LogP contribution in [0.2, 0.25) is 0 Å². The van der Waals surface area contributed by atoms with E-state index < -0.39 is 49.3 Å². The molecule has 1 aliphatic rings. The predicted molar refractivity (Wildman–Crippen MR) is 138 cm³/mol. The normalized spacial score (nSPS) is 25.3. The van der Waals surface area contributed by atoms with Crippen molar-refractivity contribution >= 4 is 17.6 Å². The van der Waals surface area contributed by atoms with Gasteiger partial charge in [0.2, 0.25) is 11.8 Å². The first-order chi connectivity index (χ1) is 17.7. The molecule has 7 N–H and O–H groups in total. The van der Waals surface area contributed by atoms with Crippen LogP contribution in [0.3, 0.4) is 0 Å². The van der Waals surface area contributed by atoms with Crippen LogP contribution in [0.4, 0.5) is 0 Å². The Labute approximate surface area is 220 Å². The van der Waals surface area contributed by atoms with Crippen molar-refractivity contribution < 1.29 is 39.2 Å². The number of ketones is 1. The highest BCUT2D eigenvalue weighted by molar-refractivity contribution is 5.91. The Hall–Kier alpha value is -1.63. The quantitative estimate of drug-likeness (QED) is 0.130. The standard InChI is InChI=1S/C26H49N3O8/c1-4-6-8-12-18(17(3)31)29-25(35)19(13-9-7-5-2)28-21(32)14-10-11-15-36-26-22(27)24(34)23(33)20(16-30)37-26/h18-20,22-24,26,30,33-34H,4-16,27H2,1-3H3,(H,28,32)(H,29,35)/t18?,19?,20?,22-,23-,24?,26+/m0/s1. The highest BCUT2D eigenvalue weighted by Gasteiger charge is 2.42. The number of hydrogen-bond acceptors (Lipinski definition) is 9. The van der Waals surface area contributed by atoms with Gasteiger partial charge in [0, 0.05) is 13.0 Å². The van der Waals surface area contributed by atoms with Crippen LogP contribution >= 0.6 is 0 Å². The molecule has 11 nitrogen and oxygen atoms in total. The summed E-state index contributed by atoms with van der Waals surface area (Å²) in [6.07, 6.45) is 3.29. The summed E-state index contributed by atoms with van der Waals surface area (Å²) in [5.74, 6) is -0.671. The second-order valence-corrected chi connectivity index (χ2v) is 9.90. The van der Waals surface area contributed by atoms with Crippen LogP contribution in [0, 0.1) is 0 Å². The van der Waals surface area contributed by atoms with Crippen molar-refractivity contribution in [3.8, 4) is 0 Å². The Morgan fingerprint density at radius 2 is 1.54 bits per heavy atom. The minimum Gasteiger partial charge on any atom is -0.394 e. The molecular weight excluding hydrogens is 482 g/mol. The fourth-order valence-electron chi connectivity index (χ4n) is 4.22. The van der Waals surface area contributed by atoms with E-state index >= 15 is 0 Å². The van der Waals surface area contributed by atoms with E-state index in [1.54, 1.807) is 0 Å². The van der Waals surface area contributed by atoms with E-state index in [2.05, 4.69) is 24.5 Å². The van der Waals surface area contributed by atoms with E-state index in [1.165, 1.54) is 6.92 Å². The van der Waals surface area contributed by atoms with E-state index in [0.717, 1.165) is 38.5 Å². The Balaban J connectivity index is 2.51. The highest BCUT2D eigenvalue weighted by atomic mass is 16.7.